The Bertz CT molecular complexity index is 646. The number of nitrogens with zero attached hydrogens (tertiary/aromatic N) is 3. The van der Waals surface area contributed by atoms with Gasteiger partial charge in [0.25, 0.3) is 5.91 Å². The predicted molar refractivity (Wildman–Crippen MR) is 79.1 cm³/mol. The number of benzene rings is 1. The highest BCUT2D eigenvalue weighted by molar-refractivity contribution is 5.91. The molecule has 3 rings (SSSR count). The van der Waals surface area contributed by atoms with Gasteiger partial charge in [-0.05, 0) is 24.7 Å². The van der Waals surface area contributed by atoms with E-state index in [2.05, 4.69) is 10.1 Å². The molecule has 0 bridgehead atoms. The third kappa shape index (κ3) is 3.33. The van der Waals surface area contributed by atoms with Crippen LogP contribution in [0.4, 0.5) is 4.39 Å². The Kier molecular flexibility index (Phi) is 4.20. The summed E-state index contributed by atoms with van der Waals surface area (Å²) < 4.78 is 18.1. The molecular formula is C16H18FN3O2. The van der Waals surface area contributed by atoms with Gasteiger partial charge in [-0.25, -0.2) is 4.39 Å². The summed E-state index contributed by atoms with van der Waals surface area (Å²) in [6.45, 7) is 3.12. The summed E-state index contributed by atoms with van der Waals surface area (Å²) in [6, 6.07) is 7.89. The van der Waals surface area contributed by atoms with Crippen LogP contribution in [0.3, 0.4) is 0 Å². The zero-order valence-electron chi connectivity index (χ0n) is 12.5. The molecule has 22 heavy (non-hydrogen) atoms. The highest BCUT2D eigenvalue weighted by Gasteiger charge is 2.23. The molecule has 1 aromatic carbocycles. The molecule has 0 radical (unpaired) electrons. The Morgan fingerprint density at radius 3 is 2.59 bits per heavy atom. The van der Waals surface area contributed by atoms with Crippen LogP contribution >= 0.6 is 0 Å². The Morgan fingerprint density at radius 2 is 1.91 bits per heavy atom. The number of carbonyl (C=O) groups excluding carboxylic acids is 1. The molecule has 2 heterocycles. The van der Waals surface area contributed by atoms with Gasteiger partial charge in [0.05, 0.1) is 5.69 Å². The molecule has 1 amide bonds. The molecule has 1 aromatic heterocycles. The van der Waals surface area contributed by atoms with E-state index in [1.807, 2.05) is 7.05 Å². The molecule has 1 fully saturated rings. The predicted octanol–water partition coefficient (Wildman–Crippen LogP) is 1.79. The average molecular weight is 303 g/mol. The molecule has 2 aromatic rings. The molecule has 1 saturated heterocycles. The van der Waals surface area contributed by atoms with Crippen molar-refractivity contribution >= 4 is 5.91 Å². The van der Waals surface area contributed by atoms with E-state index in [1.165, 1.54) is 12.1 Å². The third-order valence-electron chi connectivity index (χ3n) is 3.86. The minimum absolute atomic E-state index is 0.119. The van der Waals surface area contributed by atoms with Gasteiger partial charge in [0.1, 0.15) is 5.82 Å². The SMILES string of the molecule is CN1CCN(C(=O)c2cc(Cc3ccc(F)cc3)no2)CC1. The van der Waals surface area contributed by atoms with E-state index >= 15 is 0 Å². The Morgan fingerprint density at radius 1 is 1.23 bits per heavy atom. The maximum absolute atomic E-state index is 12.9. The van der Waals surface area contributed by atoms with Crippen LogP contribution in [0.2, 0.25) is 0 Å². The topological polar surface area (TPSA) is 49.6 Å². The van der Waals surface area contributed by atoms with Gasteiger partial charge in [0, 0.05) is 38.7 Å². The number of hydrogen-bond acceptors (Lipinski definition) is 4. The van der Waals surface area contributed by atoms with Crippen molar-refractivity contribution in [2.75, 3.05) is 33.2 Å². The number of rotatable bonds is 3. The van der Waals surface area contributed by atoms with Crippen LogP contribution in [-0.4, -0.2) is 54.1 Å². The number of hydrogen-bond donors (Lipinski definition) is 0. The zero-order chi connectivity index (χ0) is 15.5. The average Bonchev–Trinajstić information content (AvgIpc) is 2.98. The molecular weight excluding hydrogens is 285 g/mol. The van der Waals surface area contributed by atoms with E-state index in [9.17, 15) is 9.18 Å². The van der Waals surface area contributed by atoms with Gasteiger partial charge in [0.15, 0.2) is 0 Å². The Balaban J connectivity index is 1.65. The molecule has 0 N–H and O–H groups in total. The van der Waals surface area contributed by atoms with Crippen LogP contribution in [0.1, 0.15) is 21.8 Å². The molecule has 0 atom stereocenters. The summed E-state index contributed by atoms with van der Waals surface area (Å²) in [6.07, 6.45) is 0.514. The van der Waals surface area contributed by atoms with Crippen LogP contribution in [0.25, 0.3) is 0 Å². The number of piperazine rings is 1. The van der Waals surface area contributed by atoms with Crippen LogP contribution in [0, 0.1) is 5.82 Å². The molecule has 116 valence electrons. The number of likely N-dealkylation sites (N-methyl/N-ethyl adjacent to an activating group) is 1. The van der Waals surface area contributed by atoms with Crippen LogP contribution < -0.4 is 0 Å². The summed E-state index contributed by atoms with van der Waals surface area (Å²) in [5.74, 6) is -0.123. The smallest absolute Gasteiger partial charge is 0.292 e. The second-order valence-corrected chi connectivity index (χ2v) is 5.58. The molecule has 1 aliphatic heterocycles. The third-order valence-corrected chi connectivity index (χ3v) is 3.86. The van der Waals surface area contributed by atoms with E-state index < -0.39 is 0 Å². The van der Waals surface area contributed by atoms with Crippen molar-refractivity contribution in [1.29, 1.82) is 0 Å². The summed E-state index contributed by atoms with van der Waals surface area (Å²) in [5, 5.41) is 3.94. The van der Waals surface area contributed by atoms with Crippen molar-refractivity contribution in [2.24, 2.45) is 0 Å². The first-order valence-electron chi connectivity index (χ1n) is 7.29. The highest BCUT2D eigenvalue weighted by Crippen LogP contribution is 2.13. The molecule has 1 aliphatic rings. The molecule has 0 spiro atoms. The summed E-state index contributed by atoms with van der Waals surface area (Å²) >= 11 is 0. The first-order chi connectivity index (χ1) is 10.6. The lowest BCUT2D eigenvalue weighted by Gasteiger charge is -2.31. The standard InChI is InChI=1S/C16H18FN3O2/c1-19-6-8-20(9-7-19)16(21)15-11-14(18-22-15)10-12-2-4-13(17)5-3-12/h2-5,11H,6-10H2,1H3. The second-order valence-electron chi connectivity index (χ2n) is 5.58. The second kappa shape index (κ2) is 6.27. The molecule has 5 nitrogen and oxygen atoms in total. The lowest BCUT2D eigenvalue weighted by molar-refractivity contribution is 0.0623. The van der Waals surface area contributed by atoms with Crippen molar-refractivity contribution in [3.8, 4) is 0 Å². The van der Waals surface area contributed by atoms with Crippen molar-refractivity contribution in [3.05, 3.63) is 53.2 Å². The zero-order valence-corrected chi connectivity index (χ0v) is 12.5. The first kappa shape index (κ1) is 14.7. The minimum atomic E-state index is -0.269. The van der Waals surface area contributed by atoms with Crippen molar-refractivity contribution in [2.45, 2.75) is 6.42 Å². The highest BCUT2D eigenvalue weighted by atomic mass is 19.1. The summed E-state index contributed by atoms with van der Waals surface area (Å²) in [4.78, 5) is 16.3. The lowest BCUT2D eigenvalue weighted by Crippen LogP contribution is -2.47. The van der Waals surface area contributed by atoms with Crippen molar-refractivity contribution in [1.82, 2.24) is 15.0 Å². The molecule has 6 heteroatoms. The fourth-order valence-electron chi connectivity index (χ4n) is 2.47. The van der Waals surface area contributed by atoms with E-state index in [0.717, 1.165) is 18.7 Å². The van der Waals surface area contributed by atoms with Crippen LogP contribution in [0.5, 0.6) is 0 Å². The maximum atomic E-state index is 12.9. The van der Waals surface area contributed by atoms with Crippen molar-refractivity contribution < 1.29 is 13.7 Å². The molecule has 0 saturated carbocycles. The van der Waals surface area contributed by atoms with Gasteiger partial charge >= 0.3 is 0 Å². The van der Waals surface area contributed by atoms with E-state index in [1.54, 1.807) is 23.1 Å². The van der Waals surface area contributed by atoms with Gasteiger partial charge in [0.2, 0.25) is 5.76 Å². The Hall–Kier alpha value is -2.21. The van der Waals surface area contributed by atoms with Crippen LogP contribution in [-0.2, 0) is 6.42 Å². The van der Waals surface area contributed by atoms with Gasteiger partial charge in [-0.15, -0.1) is 0 Å². The van der Waals surface area contributed by atoms with Crippen LogP contribution in [0.15, 0.2) is 34.9 Å². The number of carbonyl (C=O) groups is 1. The van der Waals surface area contributed by atoms with Gasteiger partial charge < -0.3 is 14.3 Å². The molecule has 0 unspecified atom stereocenters. The van der Waals surface area contributed by atoms with Gasteiger partial charge in [-0.3, -0.25) is 4.79 Å². The fourth-order valence-corrected chi connectivity index (χ4v) is 2.47. The van der Waals surface area contributed by atoms with Gasteiger partial charge in [-0.2, -0.15) is 0 Å². The number of amides is 1. The number of halogens is 1. The summed E-state index contributed by atoms with van der Waals surface area (Å²) in [5.41, 5.74) is 1.59. The fraction of sp³-hybridized carbons (Fsp3) is 0.375. The lowest BCUT2D eigenvalue weighted by atomic mass is 10.1. The van der Waals surface area contributed by atoms with E-state index in [4.69, 9.17) is 4.52 Å². The molecule has 0 aliphatic carbocycles. The van der Waals surface area contributed by atoms with Crippen molar-refractivity contribution in [3.63, 3.8) is 0 Å². The normalized spacial score (nSPS) is 16.0. The number of aromatic nitrogens is 1. The quantitative estimate of drug-likeness (QED) is 0.867. The minimum Gasteiger partial charge on any atom is -0.351 e. The van der Waals surface area contributed by atoms with Gasteiger partial charge in [-0.1, -0.05) is 17.3 Å². The summed E-state index contributed by atoms with van der Waals surface area (Å²) in [7, 11) is 2.04. The monoisotopic (exact) mass is 303 g/mol. The largest absolute Gasteiger partial charge is 0.351 e. The van der Waals surface area contributed by atoms with E-state index in [0.29, 0.717) is 25.2 Å². The first-order valence-corrected chi connectivity index (χ1v) is 7.29. The van der Waals surface area contributed by atoms with E-state index in [-0.39, 0.29) is 17.5 Å². The Labute approximate surface area is 128 Å². The maximum Gasteiger partial charge on any atom is 0.292 e.